The first-order chi connectivity index (χ1) is 10.6. The van der Waals surface area contributed by atoms with Gasteiger partial charge in [-0.25, -0.2) is 4.79 Å². The summed E-state index contributed by atoms with van der Waals surface area (Å²) in [5.41, 5.74) is 1.12. The highest BCUT2D eigenvalue weighted by Crippen LogP contribution is 2.19. The summed E-state index contributed by atoms with van der Waals surface area (Å²) < 4.78 is 10.0. The minimum Gasteiger partial charge on any atom is -0.497 e. The van der Waals surface area contributed by atoms with Crippen LogP contribution in [0.2, 0.25) is 0 Å². The number of ether oxygens (including phenoxy) is 2. The van der Waals surface area contributed by atoms with Gasteiger partial charge < -0.3 is 20.1 Å². The molecule has 2 aromatic rings. The van der Waals surface area contributed by atoms with E-state index >= 15 is 0 Å². The maximum absolute atomic E-state index is 11.9. The Morgan fingerprint density at radius 2 is 1.45 bits per heavy atom. The zero-order valence-corrected chi connectivity index (χ0v) is 12.3. The first kappa shape index (κ1) is 15.4. The van der Waals surface area contributed by atoms with Crippen LogP contribution in [0, 0.1) is 0 Å². The van der Waals surface area contributed by atoms with Crippen LogP contribution >= 0.6 is 0 Å². The van der Waals surface area contributed by atoms with Crippen LogP contribution in [0.4, 0.5) is 16.2 Å². The molecular weight excluding hydrogens is 284 g/mol. The van der Waals surface area contributed by atoms with E-state index in [0.717, 1.165) is 0 Å². The number of hydrogen-bond donors (Lipinski definition) is 2. The van der Waals surface area contributed by atoms with E-state index < -0.39 is 12.0 Å². The van der Waals surface area contributed by atoms with Gasteiger partial charge in [0, 0.05) is 30.4 Å². The molecule has 0 bridgehead atoms. The van der Waals surface area contributed by atoms with E-state index in [1.165, 1.54) is 6.92 Å². The van der Waals surface area contributed by atoms with Gasteiger partial charge >= 0.3 is 12.0 Å². The number of anilines is 2. The molecule has 2 amide bonds. The summed E-state index contributed by atoms with van der Waals surface area (Å²) >= 11 is 0. The van der Waals surface area contributed by atoms with Gasteiger partial charge in [0.15, 0.2) is 0 Å². The van der Waals surface area contributed by atoms with Crippen molar-refractivity contribution in [2.24, 2.45) is 0 Å². The van der Waals surface area contributed by atoms with Gasteiger partial charge in [-0.2, -0.15) is 0 Å². The molecule has 0 spiro atoms. The van der Waals surface area contributed by atoms with Crippen LogP contribution in [0.15, 0.2) is 48.5 Å². The zero-order valence-electron chi connectivity index (χ0n) is 12.3. The van der Waals surface area contributed by atoms with Crippen molar-refractivity contribution in [3.8, 4) is 11.5 Å². The second-order valence-electron chi connectivity index (χ2n) is 4.43. The number of esters is 1. The largest absolute Gasteiger partial charge is 0.497 e. The number of amides is 2. The smallest absolute Gasteiger partial charge is 0.323 e. The van der Waals surface area contributed by atoms with E-state index in [4.69, 9.17) is 9.47 Å². The number of nitrogens with one attached hydrogen (secondary N) is 2. The van der Waals surface area contributed by atoms with Crippen molar-refractivity contribution in [2.45, 2.75) is 6.92 Å². The molecule has 0 aliphatic heterocycles. The molecular formula is C16H16N2O4. The summed E-state index contributed by atoms with van der Waals surface area (Å²) in [5, 5.41) is 5.35. The van der Waals surface area contributed by atoms with Crippen LogP contribution in [-0.4, -0.2) is 19.1 Å². The zero-order chi connectivity index (χ0) is 15.9. The highest BCUT2D eigenvalue weighted by Gasteiger charge is 2.05. The summed E-state index contributed by atoms with van der Waals surface area (Å²) in [4.78, 5) is 22.9. The average Bonchev–Trinajstić information content (AvgIpc) is 2.47. The van der Waals surface area contributed by atoms with Crippen LogP contribution in [0.25, 0.3) is 0 Å². The number of carbonyl (C=O) groups is 2. The number of rotatable bonds is 4. The van der Waals surface area contributed by atoms with Gasteiger partial charge in [0.05, 0.1) is 7.11 Å². The molecule has 0 aromatic heterocycles. The fraction of sp³-hybridized carbons (Fsp3) is 0.125. The number of benzene rings is 2. The van der Waals surface area contributed by atoms with Gasteiger partial charge in [-0.3, -0.25) is 4.79 Å². The quantitative estimate of drug-likeness (QED) is 0.671. The average molecular weight is 300 g/mol. The van der Waals surface area contributed by atoms with Crippen molar-refractivity contribution in [3.05, 3.63) is 48.5 Å². The molecule has 22 heavy (non-hydrogen) atoms. The molecule has 2 N–H and O–H groups in total. The second-order valence-corrected chi connectivity index (χ2v) is 4.43. The highest BCUT2D eigenvalue weighted by atomic mass is 16.5. The third kappa shape index (κ3) is 4.52. The third-order valence-corrected chi connectivity index (χ3v) is 2.68. The topological polar surface area (TPSA) is 76.7 Å². The van der Waals surface area contributed by atoms with Gasteiger partial charge in [-0.15, -0.1) is 0 Å². The Bertz CT molecular complexity index is 685. The Hall–Kier alpha value is -3.02. The fourth-order valence-corrected chi connectivity index (χ4v) is 1.80. The lowest BCUT2D eigenvalue weighted by atomic mass is 10.3. The van der Waals surface area contributed by atoms with Crippen molar-refractivity contribution in [1.82, 2.24) is 0 Å². The van der Waals surface area contributed by atoms with Gasteiger partial charge in [0.25, 0.3) is 0 Å². The summed E-state index contributed by atoms with van der Waals surface area (Å²) in [6, 6.07) is 13.2. The van der Waals surface area contributed by atoms with Crippen LogP contribution in [0.5, 0.6) is 11.5 Å². The maximum Gasteiger partial charge on any atom is 0.323 e. The van der Waals surface area contributed by atoms with E-state index in [-0.39, 0.29) is 0 Å². The standard InChI is InChI=1S/C16H16N2O4/c1-11(19)22-15-8-4-6-13(10-15)18-16(20)17-12-5-3-7-14(9-12)21-2/h3-10H,1-2H3,(H2,17,18,20). The fourth-order valence-electron chi connectivity index (χ4n) is 1.80. The molecule has 0 saturated heterocycles. The molecule has 0 saturated carbocycles. The van der Waals surface area contributed by atoms with Crippen LogP contribution in [0.1, 0.15) is 6.92 Å². The Morgan fingerprint density at radius 1 is 0.909 bits per heavy atom. The highest BCUT2D eigenvalue weighted by molar-refractivity contribution is 6.00. The second kappa shape index (κ2) is 7.12. The third-order valence-electron chi connectivity index (χ3n) is 2.68. The molecule has 2 aromatic carbocycles. The van der Waals surface area contributed by atoms with Crippen LogP contribution in [-0.2, 0) is 4.79 Å². The summed E-state index contributed by atoms with van der Waals surface area (Å²) in [6.45, 7) is 1.32. The van der Waals surface area contributed by atoms with Crippen molar-refractivity contribution < 1.29 is 19.1 Å². The number of hydrogen-bond acceptors (Lipinski definition) is 4. The predicted molar refractivity (Wildman–Crippen MR) is 83.4 cm³/mol. The minimum atomic E-state index is -0.419. The predicted octanol–water partition coefficient (Wildman–Crippen LogP) is 3.26. The lowest BCUT2D eigenvalue weighted by molar-refractivity contribution is -0.131. The van der Waals surface area contributed by atoms with E-state index in [2.05, 4.69) is 10.6 Å². The Kier molecular flexibility index (Phi) is 4.98. The molecule has 2 rings (SSSR count). The molecule has 0 heterocycles. The van der Waals surface area contributed by atoms with Crippen molar-refractivity contribution in [3.63, 3.8) is 0 Å². The number of methoxy groups -OCH3 is 1. The monoisotopic (exact) mass is 300 g/mol. The number of carbonyl (C=O) groups excluding carboxylic acids is 2. The molecule has 0 atom stereocenters. The van der Waals surface area contributed by atoms with Gasteiger partial charge in [0.2, 0.25) is 0 Å². The van der Waals surface area contributed by atoms with Gasteiger partial charge in [-0.1, -0.05) is 12.1 Å². The van der Waals surface area contributed by atoms with E-state index in [1.807, 2.05) is 0 Å². The lowest BCUT2D eigenvalue weighted by Gasteiger charge is -2.09. The van der Waals surface area contributed by atoms with E-state index in [1.54, 1.807) is 55.6 Å². The molecule has 114 valence electrons. The molecule has 0 unspecified atom stereocenters. The molecule has 0 aliphatic carbocycles. The number of urea groups is 1. The first-order valence-corrected chi connectivity index (χ1v) is 6.57. The van der Waals surface area contributed by atoms with Crippen molar-refractivity contribution in [1.29, 1.82) is 0 Å². The normalized spacial score (nSPS) is 9.73. The summed E-state index contributed by atoms with van der Waals surface area (Å²) in [7, 11) is 1.56. The van der Waals surface area contributed by atoms with Gasteiger partial charge in [-0.05, 0) is 24.3 Å². The molecule has 0 radical (unpaired) electrons. The summed E-state index contributed by atoms with van der Waals surface area (Å²) in [6.07, 6.45) is 0. The van der Waals surface area contributed by atoms with Crippen LogP contribution < -0.4 is 20.1 Å². The van der Waals surface area contributed by atoms with Crippen molar-refractivity contribution >= 4 is 23.4 Å². The summed E-state index contributed by atoms with van der Waals surface area (Å²) in [5.74, 6) is 0.597. The van der Waals surface area contributed by atoms with E-state index in [0.29, 0.717) is 22.9 Å². The SMILES string of the molecule is COc1cccc(NC(=O)Nc2cccc(OC(C)=O)c2)c1. The maximum atomic E-state index is 11.9. The lowest BCUT2D eigenvalue weighted by Crippen LogP contribution is -2.19. The molecule has 0 aliphatic rings. The molecule has 6 nitrogen and oxygen atoms in total. The minimum absolute atomic E-state index is 0.367. The Balaban J connectivity index is 2.00. The van der Waals surface area contributed by atoms with Gasteiger partial charge in [0.1, 0.15) is 11.5 Å². The Labute approximate surface area is 128 Å². The molecule has 0 fully saturated rings. The van der Waals surface area contributed by atoms with Crippen molar-refractivity contribution in [2.75, 3.05) is 17.7 Å². The van der Waals surface area contributed by atoms with E-state index in [9.17, 15) is 9.59 Å². The molecule has 6 heteroatoms. The first-order valence-electron chi connectivity index (χ1n) is 6.57. The Morgan fingerprint density at radius 3 is 2.00 bits per heavy atom. The van der Waals surface area contributed by atoms with Crippen LogP contribution in [0.3, 0.4) is 0 Å².